The predicted octanol–water partition coefficient (Wildman–Crippen LogP) is 2.01. The molecule has 0 rings (SSSR count). The van der Waals surface area contributed by atoms with Crippen molar-refractivity contribution in [2.24, 2.45) is 0 Å². The van der Waals surface area contributed by atoms with Gasteiger partial charge in [-0.15, -0.1) is 0 Å². The molecule has 0 aromatic heterocycles. The SMILES string of the molecule is COC(=O)C(P(=O)(O)OC(F)(F)CF)P(=O)(O)OC(F)(F)CF. The molecule has 0 fully saturated rings. The van der Waals surface area contributed by atoms with Crippen molar-refractivity contribution < 1.29 is 63.8 Å². The first-order valence-electron chi connectivity index (χ1n) is 5.16. The maximum atomic E-state index is 12.7. The van der Waals surface area contributed by atoms with E-state index < -0.39 is 52.1 Å². The van der Waals surface area contributed by atoms with Crippen LogP contribution in [-0.2, 0) is 27.7 Å². The molecule has 0 aliphatic heterocycles. The summed E-state index contributed by atoms with van der Waals surface area (Å²) in [5.41, 5.74) is 0. The molecule has 0 aliphatic carbocycles. The fourth-order valence-corrected chi connectivity index (χ4v) is 4.65. The minimum absolute atomic E-state index is 0.427. The number of hydrogen-bond acceptors (Lipinski definition) is 6. The van der Waals surface area contributed by atoms with Crippen LogP contribution in [-0.4, -0.2) is 53.8 Å². The Morgan fingerprint density at radius 2 is 1.30 bits per heavy atom. The summed E-state index contributed by atoms with van der Waals surface area (Å²) in [6, 6.07) is 0. The van der Waals surface area contributed by atoms with Crippen LogP contribution in [0.4, 0.5) is 26.3 Å². The van der Waals surface area contributed by atoms with Gasteiger partial charge in [-0.2, -0.15) is 17.6 Å². The minimum atomic E-state index is -6.29. The molecule has 16 heteroatoms. The molecule has 0 aromatic carbocycles. The number of hydrogen-bond donors (Lipinski definition) is 2. The summed E-state index contributed by atoms with van der Waals surface area (Å²) in [5, 5.41) is -3.62. The molecule has 0 aliphatic rings. The Morgan fingerprint density at radius 3 is 1.52 bits per heavy atom. The summed E-state index contributed by atoms with van der Waals surface area (Å²) in [7, 11) is -12.2. The lowest BCUT2D eigenvalue weighted by Crippen LogP contribution is -2.32. The zero-order valence-corrected chi connectivity index (χ0v) is 12.8. The molecule has 0 amide bonds. The van der Waals surface area contributed by atoms with Crippen LogP contribution in [0.2, 0.25) is 0 Å². The first kappa shape index (κ1) is 22.4. The van der Waals surface area contributed by atoms with Gasteiger partial charge in [-0.05, 0) is 0 Å². The summed E-state index contributed by atoms with van der Waals surface area (Å²) >= 11 is 0. The van der Waals surface area contributed by atoms with Gasteiger partial charge in [0.25, 0.3) is 5.40 Å². The highest BCUT2D eigenvalue weighted by Crippen LogP contribution is 2.68. The van der Waals surface area contributed by atoms with E-state index in [0.29, 0.717) is 7.11 Å². The molecule has 0 saturated heterocycles. The Labute approximate surface area is 124 Å². The third-order valence-electron chi connectivity index (χ3n) is 1.87. The monoisotopic (exact) mass is 398 g/mol. The molecule has 0 bridgehead atoms. The Hall–Kier alpha value is -0.650. The smallest absolute Gasteiger partial charge is 0.390 e. The zero-order valence-electron chi connectivity index (χ0n) is 11.0. The molecular weight excluding hydrogens is 388 g/mol. The van der Waals surface area contributed by atoms with Crippen LogP contribution in [0.3, 0.4) is 0 Å². The van der Waals surface area contributed by atoms with Gasteiger partial charge < -0.3 is 14.5 Å². The standard InChI is InChI=1S/C7H10F6O8P2/c1-19-4(14)5(22(15,16)20-6(10,11)2-8)23(17,18)21-7(12,13)3-9/h5H,2-3H2,1H3,(H,15,16)(H,17,18). The van der Waals surface area contributed by atoms with Crippen LogP contribution < -0.4 is 0 Å². The lowest BCUT2D eigenvalue weighted by atomic mass is 10.7. The number of halogens is 6. The number of carbonyl (C=O) groups excluding carboxylic acids is 1. The van der Waals surface area contributed by atoms with Gasteiger partial charge in [-0.25, -0.2) is 17.8 Å². The van der Waals surface area contributed by atoms with Crippen LogP contribution in [0.15, 0.2) is 0 Å². The van der Waals surface area contributed by atoms with E-state index in [-0.39, 0.29) is 0 Å². The molecule has 2 N–H and O–H groups in total. The average Bonchev–Trinajstić information content (AvgIpc) is 2.35. The molecule has 23 heavy (non-hydrogen) atoms. The van der Waals surface area contributed by atoms with Crippen LogP contribution in [0.5, 0.6) is 0 Å². The number of methoxy groups -OCH3 is 1. The van der Waals surface area contributed by atoms with Crippen molar-refractivity contribution in [3.63, 3.8) is 0 Å². The summed E-state index contributed by atoms with van der Waals surface area (Å²) in [6.07, 6.45) is -10.0. The van der Waals surface area contributed by atoms with Gasteiger partial charge in [-0.1, -0.05) is 0 Å². The van der Waals surface area contributed by atoms with Crippen LogP contribution in [0, 0.1) is 0 Å². The molecule has 138 valence electrons. The number of ether oxygens (including phenoxy) is 1. The van der Waals surface area contributed by atoms with Crippen LogP contribution in [0.25, 0.3) is 0 Å². The zero-order chi connectivity index (χ0) is 18.7. The molecule has 8 nitrogen and oxygen atoms in total. The Bertz CT molecular complexity index is 489. The highest BCUT2D eigenvalue weighted by molar-refractivity contribution is 7.73. The van der Waals surface area contributed by atoms with Crippen molar-refractivity contribution in [3.05, 3.63) is 0 Å². The molecule has 0 heterocycles. The van der Waals surface area contributed by atoms with E-state index in [0.717, 1.165) is 0 Å². The summed E-state index contributed by atoms with van der Waals surface area (Å²) in [4.78, 5) is 29.6. The van der Waals surface area contributed by atoms with Crippen LogP contribution >= 0.6 is 15.2 Å². The molecule has 0 radical (unpaired) electrons. The van der Waals surface area contributed by atoms with E-state index in [4.69, 9.17) is 0 Å². The highest BCUT2D eigenvalue weighted by Gasteiger charge is 2.60. The molecular formula is C7H10F6O8P2. The van der Waals surface area contributed by atoms with E-state index >= 15 is 0 Å². The third kappa shape index (κ3) is 6.40. The maximum absolute atomic E-state index is 12.7. The highest BCUT2D eigenvalue weighted by atomic mass is 31.2. The third-order valence-corrected chi connectivity index (χ3v) is 6.34. The normalized spacial score (nSPS) is 19.5. The van der Waals surface area contributed by atoms with E-state index in [2.05, 4.69) is 13.8 Å². The molecule has 2 atom stereocenters. The number of carbonyl (C=O) groups is 1. The van der Waals surface area contributed by atoms with Crippen LogP contribution in [0.1, 0.15) is 0 Å². The van der Waals surface area contributed by atoms with Gasteiger partial charge in [0.05, 0.1) is 7.11 Å². The van der Waals surface area contributed by atoms with E-state index in [1.807, 2.05) is 0 Å². The molecule has 2 unspecified atom stereocenters. The molecule has 0 aromatic rings. The summed E-state index contributed by atoms with van der Waals surface area (Å²) < 4.78 is 107. The Morgan fingerprint density at radius 1 is 1.00 bits per heavy atom. The van der Waals surface area contributed by atoms with Crippen molar-refractivity contribution in [1.82, 2.24) is 0 Å². The minimum Gasteiger partial charge on any atom is -0.468 e. The summed E-state index contributed by atoms with van der Waals surface area (Å²) in [6.45, 7) is -5.38. The van der Waals surface area contributed by atoms with Crippen molar-refractivity contribution >= 4 is 21.2 Å². The Kier molecular flexibility index (Phi) is 7.28. The number of rotatable bonds is 9. The first-order valence-corrected chi connectivity index (χ1v) is 8.45. The number of esters is 1. The topological polar surface area (TPSA) is 119 Å². The van der Waals surface area contributed by atoms with Gasteiger partial charge in [-0.3, -0.25) is 13.9 Å². The van der Waals surface area contributed by atoms with E-state index in [1.54, 1.807) is 0 Å². The quantitative estimate of drug-likeness (QED) is 0.344. The van der Waals surface area contributed by atoms with Gasteiger partial charge >= 0.3 is 33.4 Å². The lowest BCUT2D eigenvalue weighted by molar-refractivity contribution is -0.193. The fourth-order valence-electron chi connectivity index (χ4n) is 1.09. The van der Waals surface area contributed by atoms with E-state index in [1.165, 1.54) is 0 Å². The van der Waals surface area contributed by atoms with Gasteiger partial charge in [0.2, 0.25) is 0 Å². The fraction of sp³-hybridized carbons (Fsp3) is 0.857. The average molecular weight is 398 g/mol. The lowest BCUT2D eigenvalue weighted by Gasteiger charge is -2.27. The van der Waals surface area contributed by atoms with Gasteiger partial charge in [0.1, 0.15) is 0 Å². The number of alkyl halides is 6. The maximum Gasteiger partial charge on any atom is 0.390 e. The van der Waals surface area contributed by atoms with Gasteiger partial charge in [0.15, 0.2) is 13.3 Å². The molecule has 0 saturated carbocycles. The van der Waals surface area contributed by atoms with Crippen molar-refractivity contribution in [3.8, 4) is 0 Å². The summed E-state index contributed by atoms with van der Waals surface area (Å²) in [5.74, 6) is -2.24. The van der Waals surface area contributed by atoms with Gasteiger partial charge in [0, 0.05) is 0 Å². The second-order valence-corrected chi connectivity index (χ2v) is 7.81. The predicted molar refractivity (Wildman–Crippen MR) is 59.5 cm³/mol. The largest absolute Gasteiger partial charge is 0.468 e. The van der Waals surface area contributed by atoms with Crippen molar-refractivity contribution in [2.75, 3.05) is 20.5 Å². The van der Waals surface area contributed by atoms with Crippen molar-refractivity contribution in [2.45, 2.75) is 17.6 Å². The second-order valence-electron chi connectivity index (χ2n) is 3.75. The first-order chi connectivity index (χ1) is 10.1. The second kappa shape index (κ2) is 7.49. The Balaban J connectivity index is 5.83. The van der Waals surface area contributed by atoms with Crippen molar-refractivity contribution in [1.29, 1.82) is 0 Å². The van der Waals surface area contributed by atoms with E-state index in [9.17, 15) is 50.1 Å². The molecule has 0 spiro atoms.